The molecule has 0 aliphatic rings. The number of aromatic nitrogens is 3. The number of hydrogen-bond donors (Lipinski definition) is 1. The molecular weight excluding hydrogens is 272 g/mol. The molecule has 0 aliphatic carbocycles. The van der Waals surface area contributed by atoms with Crippen molar-refractivity contribution in [2.45, 2.75) is 20.0 Å². The Balaban J connectivity index is 2.71. The van der Waals surface area contributed by atoms with Crippen molar-refractivity contribution in [3.05, 3.63) is 39.7 Å². The van der Waals surface area contributed by atoms with Crippen LogP contribution in [0.2, 0.25) is 0 Å². The molecule has 9 heteroatoms. The highest BCUT2D eigenvalue weighted by Crippen LogP contribution is 2.31. The third-order valence-corrected chi connectivity index (χ3v) is 2.80. The van der Waals surface area contributed by atoms with E-state index in [4.69, 9.17) is 5.73 Å². The van der Waals surface area contributed by atoms with Crippen molar-refractivity contribution in [2.24, 2.45) is 5.73 Å². The van der Waals surface area contributed by atoms with Crippen LogP contribution in [0, 0.1) is 21.7 Å². The molecule has 1 aromatic heterocycles. The third-order valence-electron chi connectivity index (χ3n) is 2.80. The van der Waals surface area contributed by atoms with Crippen LogP contribution in [0.1, 0.15) is 12.7 Å². The highest BCUT2D eigenvalue weighted by atomic mass is 19.2. The van der Waals surface area contributed by atoms with Gasteiger partial charge in [-0.05, 0) is 13.0 Å². The van der Waals surface area contributed by atoms with Gasteiger partial charge in [-0.3, -0.25) is 10.1 Å². The van der Waals surface area contributed by atoms with E-state index in [0.717, 1.165) is 6.07 Å². The van der Waals surface area contributed by atoms with Gasteiger partial charge in [-0.25, -0.2) is 8.78 Å². The van der Waals surface area contributed by atoms with Crippen molar-refractivity contribution in [3.63, 3.8) is 0 Å². The normalized spacial score (nSPS) is 10.8. The highest BCUT2D eigenvalue weighted by Gasteiger charge is 2.24. The number of halogens is 2. The number of hydrogen-bond acceptors (Lipinski definition) is 5. The Kier molecular flexibility index (Phi) is 3.70. The Bertz CT molecular complexity index is 671. The summed E-state index contributed by atoms with van der Waals surface area (Å²) in [6.07, 6.45) is 0. The highest BCUT2D eigenvalue weighted by molar-refractivity contribution is 5.68. The summed E-state index contributed by atoms with van der Waals surface area (Å²) in [4.78, 5) is 10.2. The van der Waals surface area contributed by atoms with Crippen LogP contribution in [0.25, 0.3) is 11.4 Å². The molecule has 1 aromatic carbocycles. The van der Waals surface area contributed by atoms with Crippen molar-refractivity contribution < 1.29 is 13.7 Å². The summed E-state index contributed by atoms with van der Waals surface area (Å²) >= 11 is 0. The Morgan fingerprint density at radius 2 is 2.00 bits per heavy atom. The van der Waals surface area contributed by atoms with E-state index in [1.807, 2.05) is 0 Å². The van der Waals surface area contributed by atoms with Gasteiger partial charge in [0.15, 0.2) is 17.5 Å². The fourth-order valence-electron chi connectivity index (χ4n) is 1.88. The minimum atomic E-state index is -1.29. The summed E-state index contributed by atoms with van der Waals surface area (Å²) < 4.78 is 28.0. The maximum atomic E-state index is 13.4. The monoisotopic (exact) mass is 283 g/mol. The second-order valence-corrected chi connectivity index (χ2v) is 3.93. The lowest BCUT2D eigenvalue weighted by Crippen LogP contribution is -2.09. The van der Waals surface area contributed by atoms with Crippen molar-refractivity contribution in [1.29, 1.82) is 0 Å². The first-order valence-electron chi connectivity index (χ1n) is 5.75. The Morgan fingerprint density at radius 1 is 1.35 bits per heavy atom. The van der Waals surface area contributed by atoms with E-state index < -0.39 is 22.2 Å². The van der Waals surface area contributed by atoms with E-state index >= 15 is 0 Å². The van der Waals surface area contributed by atoms with Gasteiger partial charge < -0.3 is 10.3 Å². The predicted octanol–water partition coefficient (Wildman–Crippen LogP) is 1.61. The summed E-state index contributed by atoms with van der Waals surface area (Å²) in [6, 6.07) is 1.27. The second-order valence-electron chi connectivity index (χ2n) is 3.93. The molecule has 0 bridgehead atoms. The summed E-state index contributed by atoms with van der Waals surface area (Å²) in [7, 11) is 0. The fourth-order valence-corrected chi connectivity index (χ4v) is 1.88. The summed E-state index contributed by atoms with van der Waals surface area (Å²) in [6.45, 7) is 2.24. The summed E-state index contributed by atoms with van der Waals surface area (Å²) in [5.74, 6) is -1.99. The van der Waals surface area contributed by atoms with E-state index in [0.29, 0.717) is 18.4 Å². The van der Waals surface area contributed by atoms with Gasteiger partial charge >= 0.3 is 0 Å². The molecule has 7 nitrogen and oxygen atoms in total. The molecule has 1 heterocycles. The average Bonchev–Trinajstić information content (AvgIpc) is 2.83. The SMILES string of the molecule is CCn1c(CN)nnc1-c1cc(F)c(F)cc1[N+](=O)[O-]. The molecule has 20 heavy (non-hydrogen) atoms. The number of nitrogens with zero attached hydrogens (tertiary/aromatic N) is 4. The van der Waals surface area contributed by atoms with Crippen LogP contribution >= 0.6 is 0 Å². The maximum absolute atomic E-state index is 13.4. The predicted molar refractivity (Wildman–Crippen MR) is 65.6 cm³/mol. The van der Waals surface area contributed by atoms with Gasteiger partial charge in [-0.2, -0.15) is 0 Å². The van der Waals surface area contributed by atoms with Gasteiger partial charge in [-0.1, -0.05) is 0 Å². The second kappa shape index (κ2) is 5.29. The van der Waals surface area contributed by atoms with Crippen LogP contribution in [0.5, 0.6) is 0 Å². The van der Waals surface area contributed by atoms with Crippen molar-refractivity contribution in [3.8, 4) is 11.4 Å². The zero-order valence-corrected chi connectivity index (χ0v) is 10.5. The van der Waals surface area contributed by atoms with Crippen molar-refractivity contribution >= 4 is 5.69 Å². The van der Waals surface area contributed by atoms with E-state index in [9.17, 15) is 18.9 Å². The molecule has 0 fully saturated rings. The van der Waals surface area contributed by atoms with Crippen LogP contribution in [0.15, 0.2) is 12.1 Å². The van der Waals surface area contributed by atoms with Gasteiger partial charge in [0, 0.05) is 6.54 Å². The molecule has 106 valence electrons. The summed E-state index contributed by atoms with van der Waals surface area (Å²) in [5, 5.41) is 18.5. The van der Waals surface area contributed by atoms with Gasteiger partial charge in [0.1, 0.15) is 11.4 Å². The number of nitro benzene ring substituents is 1. The van der Waals surface area contributed by atoms with E-state index in [2.05, 4.69) is 10.2 Å². The quantitative estimate of drug-likeness (QED) is 0.678. The molecule has 2 rings (SSSR count). The molecule has 0 radical (unpaired) electrons. The van der Waals surface area contributed by atoms with Crippen molar-refractivity contribution in [1.82, 2.24) is 14.8 Å². The zero-order valence-electron chi connectivity index (χ0n) is 10.5. The average molecular weight is 283 g/mol. The van der Waals surface area contributed by atoms with Gasteiger partial charge in [0.25, 0.3) is 5.69 Å². The minimum absolute atomic E-state index is 0.0817. The van der Waals surface area contributed by atoms with Gasteiger partial charge in [0.2, 0.25) is 0 Å². The fraction of sp³-hybridized carbons (Fsp3) is 0.273. The smallest absolute Gasteiger partial charge is 0.283 e. The topological polar surface area (TPSA) is 99.9 Å². The Labute approximate surface area is 112 Å². The lowest BCUT2D eigenvalue weighted by atomic mass is 10.1. The Morgan fingerprint density at radius 3 is 2.55 bits per heavy atom. The van der Waals surface area contributed by atoms with Gasteiger partial charge in [0.05, 0.1) is 17.5 Å². The zero-order chi connectivity index (χ0) is 14.9. The van der Waals surface area contributed by atoms with E-state index in [1.54, 1.807) is 6.92 Å². The number of nitro groups is 1. The molecule has 0 unspecified atom stereocenters. The third kappa shape index (κ3) is 2.23. The number of benzene rings is 1. The molecule has 2 aromatic rings. The lowest BCUT2D eigenvalue weighted by Gasteiger charge is -2.07. The first-order chi connectivity index (χ1) is 9.49. The molecule has 0 saturated carbocycles. The maximum Gasteiger partial charge on any atom is 0.283 e. The molecule has 0 amide bonds. The molecular formula is C11H11F2N5O2. The Hall–Kier alpha value is -2.42. The molecule has 0 atom stereocenters. The molecule has 0 aliphatic heterocycles. The van der Waals surface area contributed by atoms with Crippen LogP contribution < -0.4 is 5.73 Å². The minimum Gasteiger partial charge on any atom is -0.324 e. The lowest BCUT2D eigenvalue weighted by molar-refractivity contribution is -0.384. The standard InChI is InChI=1S/C11H11F2N5O2/c1-2-17-10(5-14)15-16-11(17)6-3-7(12)8(13)4-9(6)18(19)20/h3-4H,2,5,14H2,1H3. The largest absolute Gasteiger partial charge is 0.324 e. The van der Waals surface area contributed by atoms with E-state index in [1.165, 1.54) is 4.57 Å². The van der Waals surface area contributed by atoms with Crippen molar-refractivity contribution in [2.75, 3.05) is 0 Å². The summed E-state index contributed by atoms with van der Waals surface area (Å²) in [5.41, 5.74) is 4.77. The number of nitrogens with two attached hydrogens (primary N) is 1. The molecule has 2 N–H and O–H groups in total. The van der Waals surface area contributed by atoms with Crippen LogP contribution in [-0.4, -0.2) is 19.7 Å². The van der Waals surface area contributed by atoms with Gasteiger partial charge in [-0.15, -0.1) is 10.2 Å². The first-order valence-corrected chi connectivity index (χ1v) is 5.75. The molecule has 0 saturated heterocycles. The van der Waals surface area contributed by atoms with Crippen LogP contribution in [-0.2, 0) is 13.1 Å². The van der Waals surface area contributed by atoms with Crippen LogP contribution in [0.3, 0.4) is 0 Å². The van der Waals surface area contributed by atoms with Crippen LogP contribution in [0.4, 0.5) is 14.5 Å². The number of rotatable bonds is 4. The van der Waals surface area contributed by atoms with E-state index in [-0.39, 0.29) is 17.9 Å². The first kappa shape index (κ1) is 14.0. The molecule has 0 spiro atoms.